The van der Waals surface area contributed by atoms with Crippen molar-refractivity contribution in [3.05, 3.63) is 52.3 Å². The third kappa shape index (κ3) is 4.94. The topological polar surface area (TPSA) is 75.5 Å². The summed E-state index contributed by atoms with van der Waals surface area (Å²) < 4.78 is 2.17. The predicted molar refractivity (Wildman–Crippen MR) is 115 cm³/mol. The fourth-order valence-electron chi connectivity index (χ4n) is 4.05. The largest absolute Gasteiger partial charge is 0.345 e. The number of hydrazone groups is 1. The summed E-state index contributed by atoms with van der Waals surface area (Å²) in [5.74, 6) is -1.34. The Morgan fingerprint density at radius 1 is 1.03 bits per heavy atom. The first kappa shape index (κ1) is 20.8. The van der Waals surface area contributed by atoms with Crippen LogP contribution in [0.4, 0.5) is 0 Å². The van der Waals surface area contributed by atoms with Crippen molar-refractivity contribution in [2.75, 3.05) is 0 Å². The van der Waals surface area contributed by atoms with Crippen LogP contribution in [0.2, 0.25) is 0 Å². The Balaban J connectivity index is 1.66. The lowest BCUT2D eigenvalue weighted by Gasteiger charge is -2.22. The van der Waals surface area contributed by atoms with Gasteiger partial charge in [0.25, 0.3) is 0 Å². The number of hydrogen-bond acceptors (Lipinski definition) is 3. The average Bonchev–Trinajstić information content (AvgIpc) is 2.96. The molecule has 29 heavy (non-hydrogen) atoms. The van der Waals surface area contributed by atoms with Gasteiger partial charge in [-0.3, -0.25) is 9.59 Å². The fraction of sp³-hybridized carbons (Fsp3) is 0.435. The Morgan fingerprint density at radius 2 is 1.76 bits per heavy atom. The van der Waals surface area contributed by atoms with Crippen LogP contribution in [-0.4, -0.2) is 28.6 Å². The molecule has 2 amide bonds. The Labute approximate surface area is 172 Å². The van der Waals surface area contributed by atoms with Gasteiger partial charge < -0.3 is 9.88 Å². The van der Waals surface area contributed by atoms with Gasteiger partial charge in [-0.2, -0.15) is 5.10 Å². The third-order valence-corrected chi connectivity index (χ3v) is 5.58. The summed E-state index contributed by atoms with van der Waals surface area (Å²) in [6.45, 7) is 8.24. The van der Waals surface area contributed by atoms with Crippen LogP contribution in [0, 0.1) is 27.7 Å². The van der Waals surface area contributed by atoms with Crippen molar-refractivity contribution in [2.24, 2.45) is 5.10 Å². The lowest BCUT2D eigenvalue weighted by atomic mass is 9.95. The molecule has 0 atom stereocenters. The van der Waals surface area contributed by atoms with E-state index in [2.05, 4.69) is 52.5 Å². The highest BCUT2D eigenvalue weighted by atomic mass is 16.2. The molecule has 3 rings (SSSR count). The van der Waals surface area contributed by atoms with Crippen LogP contribution >= 0.6 is 0 Å². The quantitative estimate of drug-likeness (QED) is 0.472. The SMILES string of the molecule is Cc1ccc(-n2c(C)cc(/C=N\NC(=O)C(=O)NC3CCCCC3)c2C)c(C)c1. The molecule has 0 unspecified atom stereocenters. The van der Waals surface area contributed by atoms with Crippen LogP contribution in [0.5, 0.6) is 0 Å². The van der Waals surface area contributed by atoms with Gasteiger partial charge in [0.2, 0.25) is 0 Å². The van der Waals surface area contributed by atoms with Gasteiger partial charge in [0.15, 0.2) is 0 Å². The standard InChI is InChI=1S/C23H30N4O2/c1-15-10-11-21(16(2)12-15)27-17(3)13-19(18(27)4)14-24-26-23(29)22(28)25-20-8-6-5-7-9-20/h10-14,20H,5-9H2,1-4H3,(H,25,28)(H,26,29)/b24-14-. The van der Waals surface area contributed by atoms with Crippen LogP contribution in [0.25, 0.3) is 5.69 Å². The number of nitrogens with zero attached hydrogens (tertiary/aromatic N) is 2. The molecule has 1 saturated carbocycles. The molecular weight excluding hydrogens is 364 g/mol. The van der Waals surface area contributed by atoms with E-state index >= 15 is 0 Å². The normalized spacial score (nSPS) is 14.9. The van der Waals surface area contributed by atoms with Gasteiger partial charge in [-0.1, -0.05) is 37.0 Å². The van der Waals surface area contributed by atoms with E-state index in [1.807, 2.05) is 19.9 Å². The van der Waals surface area contributed by atoms with E-state index in [0.29, 0.717) is 0 Å². The van der Waals surface area contributed by atoms with Gasteiger partial charge in [-0.05, 0) is 58.2 Å². The second-order valence-electron chi connectivity index (χ2n) is 7.96. The van der Waals surface area contributed by atoms with Crippen molar-refractivity contribution in [3.63, 3.8) is 0 Å². The Kier molecular flexibility index (Phi) is 6.52. The van der Waals surface area contributed by atoms with Crippen LogP contribution < -0.4 is 10.7 Å². The molecule has 6 nitrogen and oxygen atoms in total. The number of aromatic nitrogens is 1. The fourth-order valence-corrected chi connectivity index (χ4v) is 4.05. The van der Waals surface area contributed by atoms with Crippen molar-refractivity contribution in [1.29, 1.82) is 0 Å². The maximum absolute atomic E-state index is 12.0. The Bertz CT molecular complexity index is 937. The van der Waals surface area contributed by atoms with E-state index in [1.54, 1.807) is 6.21 Å². The first-order valence-corrected chi connectivity index (χ1v) is 10.3. The summed E-state index contributed by atoms with van der Waals surface area (Å²) >= 11 is 0. The number of hydrogen-bond donors (Lipinski definition) is 2. The molecule has 2 aromatic rings. The lowest BCUT2D eigenvalue weighted by molar-refractivity contribution is -0.139. The van der Waals surface area contributed by atoms with Crippen LogP contribution in [0.3, 0.4) is 0 Å². The van der Waals surface area contributed by atoms with E-state index in [4.69, 9.17) is 0 Å². The van der Waals surface area contributed by atoms with Crippen molar-refractivity contribution >= 4 is 18.0 Å². The van der Waals surface area contributed by atoms with Gasteiger partial charge >= 0.3 is 11.8 Å². The first-order valence-electron chi connectivity index (χ1n) is 10.3. The molecule has 0 spiro atoms. The summed E-state index contributed by atoms with van der Waals surface area (Å²) in [7, 11) is 0. The van der Waals surface area contributed by atoms with Gasteiger partial charge in [0.1, 0.15) is 0 Å². The molecule has 1 aromatic carbocycles. The zero-order valence-electron chi connectivity index (χ0n) is 17.7. The summed E-state index contributed by atoms with van der Waals surface area (Å²) in [6, 6.07) is 8.49. The van der Waals surface area contributed by atoms with Crippen LogP contribution in [0.15, 0.2) is 29.4 Å². The maximum atomic E-state index is 12.0. The van der Waals surface area contributed by atoms with Crippen LogP contribution in [0.1, 0.15) is 60.2 Å². The Hall–Kier alpha value is -2.89. The molecule has 1 aliphatic carbocycles. The number of rotatable bonds is 4. The van der Waals surface area contributed by atoms with Gasteiger partial charge in [-0.15, -0.1) is 0 Å². The summed E-state index contributed by atoms with van der Waals surface area (Å²) in [4.78, 5) is 24.0. The van der Waals surface area contributed by atoms with E-state index in [-0.39, 0.29) is 6.04 Å². The van der Waals surface area contributed by atoms with Crippen LogP contribution in [-0.2, 0) is 9.59 Å². The number of carbonyl (C=O) groups is 2. The number of nitrogens with one attached hydrogen (secondary N) is 2. The second-order valence-corrected chi connectivity index (χ2v) is 7.96. The van der Waals surface area contributed by atoms with E-state index in [1.165, 1.54) is 17.5 Å². The smallest absolute Gasteiger partial charge is 0.329 e. The molecule has 1 aromatic heterocycles. The highest BCUT2D eigenvalue weighted by molar-refractivity contribution is 6.35. The molecule has 1 heterocycles. The highest BCUT2D eigenvalue weighted by Crippen LogP contribution is 2.23. The van der Waals surface area contributed by atoms with Gasteiger partial charge in [0, 0.05) is 28.7 Å². The number of benzene rings is 1. The number of amides is 2. The molecule has 0 saturated heterocycles. The van der Waals surface area contributed by atoms with E-state index in [0.717, 1.165) is 48.3 Å². The second kappa shape index (κ2) is 9.07. The average molecular weight is 395 g/mol. The molecule has 1 aliphatic rings. The predicted octanol–water partition coefficient (Wildman–Crippen LogP) is 3.61. The summed E-state index contributed by atoms with van der Waals surface area (Å²) in [6.07, 6.45) is 6.86. The van der Waals surface area contributed by atoms with E-state index in [9.17, 15) is 9.59 Å². The zero-order chi connectivity index (χ0) is 21.0. The molecule has 0 aliphatic heterocycles. The Morgan fingerprint density at radius 3 is 2.45 bits per heavy atom. The molecular formula is C23H30N4O2. The maximum Gasteiger partial charge on any atom is 0.329 e. The molecule has 0 bridgehead atoms. The summed E-state index contributed by atoms with van der Waals surface area (Å²) in [5.41, 5.74) is 8.90. The minimum atomic E-state index is -0.727. The zero-order valence-corrected chi connectivity index (χ0v) is 17.7. The minimum absolute atomic E-state index is 0.0997. The number of carbonyl (C=O) groups excluding carboxylic acids is 2. The van der Waals surface area contributed by atoms with Gasteiger partial charge in [0.05, 0.1) is 6.21 Å². The van der Waals surface area contributed by atoms with Gasteiger partial charge in [-0.25, -0.2) is 5.43 Å². The van der Waals surface area contributed by atoms with Crippen molar-refractivity contribution in [3.8, 4) is 5.69 Å². The highest BCUT2D eigenvalue weighted by Gasteiger charge is 2.20. The third-order valence-electron chi connectivity index (χ3n) is 5.58. The van der Waals surface area contributed by atoms with Crippen molar-refractivity contribution in [2.45, 2.75) is 65.8 Å². The lowest BCUT2D eigenvalue weighted by Crippen LogP contribution is -2.44. The molecule has 0 radical (unpaired) electrons. The minimum Gasteiger partial charge on any atom is -0.345 e. The van der Waals surface area contributed by atoms with Crippen molar-refractivity contribution in [1.82, 2.24) is 15.3 Å². The number of aryl methyl sites for hydroxylation is 3. The molecule has 1 fully saturated rings. The first-order chi connectivity index (χ1) is 13.9. The van der Waals surface area contributed by atoms with E-state index < -0.39 is 11.8 Å². The molecule has 154 valence electrons. The monoisotopic (exact) mass is 394 g/mol. The summed E-state index contributed by atoms with van der Waals surface area (Å²) in [5, 5.41) is 6.80. The van der Waals surface area contributed by atoms with Crippen molar-refractivity contribution < 1.29 is 9.59 Å². The molecule has 6 heteroatoms. The molecule has 2 N–H and O–H groups in total.